The molecule has 7 heteroatoms. The van der Waals surface area contributed by atoms with Crippen LogP contribution in [0.2, 0.25) is 0 Å². The van der Waals surface area contributed by atoms with Crippen molar-refractivity contribution in [3.8, 4) is 0 Å². The monoisotopic (exact) mass is 290 g/mol. The zero-order valence-corrected chi connectivity index (χ0v) is 11.3. The van der Waals surface area contributed by atoms with Crippen molar-refractivity contribution >= 4 is 23.7 Å². The fourth-order valence-electron chi connectivity index (χ4n) is 1.42. The lowest BCUT2D eigenvalue weighted by atomic mass is 10.3. The Labute approximate surface area is 118 Å². The fraction of sp³-hybridized carbons (Fsp3) is 0.0769. The summed E-state index contributed by atoms with van der Waals surface area (Å²) < 4.78 is 4.63. The van der Waals surface area contributed by atoms with E-state index in [2.05, 4.69) is 14.7 Å². The summed E-state index contributed by atoms with van der Waals surface area (Å²) in [5.41, 5.74) is 0.344. The van der Waals surface area contributed by atoms with Gasteiger partial charge in [0, 0.05) is 17.3 Å². The Hall–Kier alpha value is -2.41. The van der Waals surface area contributed by atoms with Crippen LogP contribution in [0.25, 0.3) is 0 Å². The Morgan fingerprint density at radius 2 is 1.95 bits per heavy atom. The van der Waals surface area contributed by atoms with E-state index in [1.165, 1.54) is 37.3 Å². The molecule has 0 saturated carbocycles. The first-order valence-corrected chi connectivity index (χ1v) is 6.33. The molecule has 20 heavy (non-hydrogen) atoms. The predicted octanol–water partition coefficient (Wildman–Crippen LogP) is 2.11. The zero-order valence-electron chi connectivity index (χ0n) is 10.4. The molecule has 0 atom stereocenters. The number of carbonyl (C=O) groups is 2. The fourth-order valence-corrected chi connectivity index (χ4v) is 2.26. The molecule has 0 fully saturated rings. The second-order valence-corrected chi connectivity index (χ2v) is 4.75. The Balaban J connectivity index is 2.24. The highest BCUT2D eigenvalue weighted by Crippen LogP contribution is 2.26. The molecule has 0 amide bonds. The highest BCUT2D eigenvalue weighted by atomic mass is 32.2. The molecule has 2 heterocycles. The smallest absolute Gasteiger partial charge is 0.354 e. The molecular weight excluding hydrogens is 280 g/mol. The number of esters is 1. The number of hydrogen-bond donors (Lipinski definition) is 1. The van der Waals surface area contributed by atoms with Crippen LogP contribution in [-0.2, 0) is 4.74 Å². The number of rotatable bonds is 4. The molecule has 0 aromatic carbocycles. The average molecular weight is 290 g/mol. The molecule has 0 aliphatic rings. The van der Waals surface area contributed by atoms with Gasteiger partial charge >= 0.3 is 11.9 Å². The van der Waals surface area contributed by atoms with Gasteiger partial charge in [0.1, 0.15) is 10.7 Å². The second-order valence-electron chi connectivity index (χ2n) is 3.66. The van der Waals surface area contributed by atoms with E-state index < -0.39 is 11.9 Å². The Bertz CT molecular complexity index is 660. The number of pyridine rings is 2. The van der Waals surface area contributed by atoms with Crippen LogP contribution in [0.4, 0.5) is 0 Å². The van der Waals surface area contributed by atoms with Crippen molar-refractivity contribution in [2.24, 2.45) is 0 Å². The highest BCUT2D eigenvalue weighted by Gasteiger charge is 2.09. The van der Waals surface area contributed by atoms with Crippen molar-refractivity contribution in [1.29, 1.82) is 0 Å². The number of carboxylic acids is 1. The molecule has 2 aromatic rings. The lowest BCUT2D eigenvalue weighted by Crippen LogP contribution is -2.01. The summed E-state index contributed by atoms with van der Waals surface area (Å²) in [7, 11) is 1.30. The number of hydrogen-bond acceptors (Lipinski definition) is 6. The third-order valence-corrected chi connectivity index (χ3v) is 3.25. The topological polar surface area (TPSA) is 89.4 Å². The van der Waals surface area contributed by atoms with Crippen LogP contribution < -0.4 is 0 Å². The predicted molar refractivity (Wildman–Crippen MR) is 70.9 cm³/mol. The van der Waals surface area contributed by atoms with Crippen LogP contribution >= 0.6 is 11.8 Å². The number of ether oxygens (including phenoxy) is 1. The van der Waals surface area contributed by atoms with Crippen molar-refractivity contribution in [2.45, 2.75) is 9.92 Å². The maximum atomic E-state index is 11.4. The van der Waals surface area contributed by atoms with Crippen LogP contribution in [0.5, 0.6) is 0 Å². The number of methoxy groups -OCH3 is 1. The first kappa shape index (κ1) is 14.0. The van der Waals surface area contributed by atoms with Crippen LogP contribution in [0.3, 0.4) is 0 Å². The normalized spacial score (nSPS) is 10.1. The summed E-state index contributed by atoms with van der Waals surface area (Å²) >= 11 is 1.24. The maximum absolute atomic E-state index is 11.4. The van der Waals surface area contributed by atoms with Gasteiger partial charge in [-0.25, -0.2) is 19.6 Å². The maximum Gasteiger partial charge on any atom is 0.354 e. The van der Waals surface area contributed by atoms with Crippen LogP contribution in [-0.4, -0.2) is 34.1 Å². The van der Waals surface area contributed by atoms with Gasteiger partial charge in [0.15, 0.2) is 0 Å². The van der Waals surface area contributed by atoms with Gasteiger partial charge in [-0.05, 0) is 24.3 Å². The third-order valence-electron chi connectivity index (χ3n) is 2.33. The van der Waals surface area contributed by atoms with Crippen LogP contribution in [0, 0.1) is 0 Å². The van der Waals surface area contributed by atoms with Gasteiger partial charge in [-0.2, -0.15) is 0 Å². The number of carboxylic acid groups (broad SMARTS) is 1. The number of aromatic carboxylic acids is 1. The minimum absolute atomic E-state index is 0.0425. The summed E-state index contributed by atoms with van der Waals surface area (Å²) in [5.74, 6) is -1.54. The summed E-state index contributed by atoms with van der Waals surface area (Å²) in [4.78, 5) is 30.8. The van der Waals surface area contributed by atoms with E-state index in [-0.39, 0.29) is 5.69 Å². The number of nitrogens with zero attached hydrogens (tertiary/aromatic N) is 2. The molecule has 2 aromatic heterocycles. The SMILES string of the molecule is COC(=O)c1ccnc(Sc2ccnc(C(=O)O)c2)c1. The standard InChI is InChI=1S/C13H10N2O4S/c1-19-13(18)8-2-4-15-11(6-8)20-9-3-5-14-10(7-9)12(16)17/h2-7H,1H3,(H,16,17). The average Bonchev–Trinajstić information content (AvgIpc) is 2.47. The minimum Gasteiger partial charge on any atom is -0.477 e. The summed E-state index contributed by atoms with van der Waals surface area (Å²) in [6.45, 7) is 0. The van der Waals surface area contributed by atoms with Crippen molar-refractivity contribution in [3.63, 3.8) is 0 Å². The molecule has 0 aliphatic carbocycles. The molecule has 0 unspecified atom stereocenters. The van der Waals surface area contributed by atoms with Gasteiger partial charge in [0.2, 0.25) is 0 Å². The summed E-state index contributed by atoms with van der Waals surface area (Å²) in [6, 6.07) is 6.24. The lowest BCUT2D eigenvalue weighted by Gasteiger charge is -2.03. The molecule has 2 rings (SSSR count). The molecule has 102 valence electrons. The van der Waals surface area contributed by atoms with E-state index in [0.717, 1.165) is 0 Å². The highest BCUT2D eigenvalue weighted by molar-refractivity contribution is 7.99. The lowest BCUT2D eigenvalue weighted by molar-refractivity contribution is 0.0599. The van der Waals surface area contributed by atoms with Gasteiger partial charge in [-0.3, -0.25) is 0 Å². The summed E-state index contributed by atoms with van der Waals surface area (Å²) in [6.07, 6.45) is 2.91. The van der Waals surface area contributed by atoms with Gasteiger partial charge in [0.05, 0.1) is 12.7 Å². The van der Waals surface area contributed by atoms with Crippen LogP contribution in [0.15, 0.2) is 46.6 Å². The molecule has 0 spiro atoms. The van der Waals surface area contributed by atoms with Gasteiger partial charge in [-0.1, -0.05) is 11.8 Å². The van der Waals surface area contributed by atoms with Gasteiger partial charge in [-0.15, -0.1) is 0 Å². The quantitative estimate of drug-likeness (QED) is 0.862. The number of carbonyl (C=O) groups excluding carboxylic acids is 1. The van der Waals surface area contributed by atoms with Gasteiger partial charge < -0.3 is 9.84 Å². The molecule has 0 saturated heterocycles. The van der Waals surface area contributed by atoms with Crippen molar-refractivity contribution in [3.05, 3.63) is 47.9 Å². The van der Waals surface area contributed by atoms with E-state index in [4.69, 9.17) is 5.11 Å². The van der Waals surface area contributed by atoms with E-state index >= 15 is 0 Å². The molecule has 0 bridgehead atoms. The third kappa shape index (κ3) is 3.33. The second kappa shape index (κ2) is 6.16. The van der Waals surface area contributed by atoms with E-state index in [9.17, 15) is 9.59 Å². The van der Waals surface area contributed by atoms with Crippen molar-refractivity contribution in [2.75, 3.05) is 7.11 Å². The molecule has 1 N–H and O–H groups in total. The molecule has 0 aliphatic heterocycles. The summed E-state index contributed by atoms with van der Waals surface area (Å²) in [5, 5.41) is 9.44. The zero-order chi connectivity index (χ0) is 14.5. The van der Waals surface area contributed by atoms with Crippen molar-refractivity contribution in [1.82, 2.24) is 9.97 Å². The molecule has 6 nitrogen and oxygen atoms in total. The van der Waals surface area contributed by atoms with E-state index in [1.54, 1.807) is 18.2 Å². The number of aromatic nitrogens is 2. The first-order chi connectivity index (χ1) is 9.60. The largest absolute Gasteiger partial charge is 0.477 e. The van der Waals surface area contributed by atoms with E-state index in [1.807, 2.05) is 0 Å². The van der Waals surface area contributed by atoms with Crippen LogP contribution in [0.1, 0.15) is 20.8 Å². The first-order valence-electron chi connectivity index (χ1n) is 5.51. The van der Waals surface area contributed by atoms with Gasteiger partial charge in [0.25, 0.3) is 0 Å². The minimum atomic E-state index is -1.09. The Morgan fingerprint density at radius 1 is 1.20 bits per heavy atom. The Kier molecular flexibility index (Phi) is 4.31. The van der Waals surface area contributed by atoms with Crippen molar-refractivity contribution < 1.29 is 19.4 Å². The van der Waals surface area contributed by atoms with E-state index in [0.29, 0.717) is 15.5 Å². The molecular formula is C13H10N2O4S. The molecule has 0 radical (unpaired) electrons. The Morgan fingerprint density at radius 3 is 2.65 bits per heavy atom.